The van der Waals surface area contributed by atoms with Crippen molar-refractivity contribution in [2.24, 2.45) is 5.92 Å². The highest BCUT2D eigenvalue weighted by molar-refractivity contribution is 5.97. The first kappa shape index (κ1) is 12.8. The second-order valence-electron chi connectivity index (χ2n) is 4.75. The van der Waals surface area contributed by atoms with Crippen LogP contribution in [0.15, 0.2) is 24.3 Å². The topological polar surface area (TPSA) is 58.2 Å². The lowest BCUT2D eigenvalue weighted by molar-refractivity contribution is -0.116. The molecule has 0 radical (unpaired) electrons. The van der Waals surface area contributed by atoms with Crippen LogP contribution in [0.1, 0.15) is 30.1 Å². The number of amides is 1. The molecule has 18 heavy (non-hydrogen) atoms. The van der Waals surface area contributed by atoms with Gasteiger partial charge in [-0.2, -0.15) is 0 Å². The Kier molecular flexibility index (Phi) is 4.10. The van der Waals surface area contributed by atoms with Crippen LogP contribution in [0.4, 0.5) is 5.69 Å². The summed E-state index contributed by atoms with van der Waals surface area (Å²) in [6, 6.07) is 7.05. The number of carbonyl (C=O) groups is 2. The molecular formula is C14H18N2O2. The molecule has 0 aromatic heterocycles. The Morgan fingerprint density at radius 1 is 1.44 bits per heavy atom. The van der Waals surface area contributed by atoms with Crippen LogP contribution < -0.4 is 10.6 Å². The molecule has 1 aliphatic rings. The normalized spacial score (nSPS) is 18.6. The van der Waals surface area contributed by atoms with Crippen molar-refractivity contribution in [3.05, 3.63) is 29.8 Å². The second kappa shape index (κ2) is 5.78. The van der Waals surface area contributed by atoms with Gasteiger partial charge in [0.15, 0.2) is 5.78 Å². The van der Waals surface area contributed by atoms with Crippen LogP contribution >= 0.6 is 0 Å². The van der Waals surface area contributed by atoms with Crippen LogP contribution in [0.5, 0.6) is 0 Å². The molecule has 1 fully saturated rings. The van der Waals surface area contributed by atoms with E-state index in [1.807, 2.05) is 0 Å². The smallest absolute Gasteiger partial charge is 0.224 e. The van der Waals surface area contributed by atoms with Crippen LogP contribution in [0, 0.1) is 5.92 Å². The zero-order valence-corrected chi connectivity index (χ0v) is 10.5. The van der Waals surface area contributed by atoms with Crippen LogP contribution in [-0.2, 0) is 4.79 Å². The second-order valence-corrected chi connectivity index (χ2v) is 4.75. The van der Waals surface area contributed by atoms with Gasteiger partial charge in [0, 0.05) is 17.7 Å². The molecule has 0 saturated carbocycles. The first-order valence-corrected chi connectivity index (χ1v) is 6.27. The van der Waals surface area contributed by atoms with Crippen molar-refractivity contribution in [3.8, 4) is 0 Å². The SMILES string of the molecule is CC(=O)c1cccc(NC(=O)CC2CCNC2)c1. The largest absolute Gasteiger partial charge is 0.326 e. The first-order chi connectivity index (χ1) is 8.65. The fourth-order valence-corrected chi connectivity index (χ4v) is 2.18. The number of ketones is 1. The maximum atomic E-state index is 11.8. The molecule has 0 aliphatic carbocycles. The number of nitrogens with one attached hydrogen (secondary N) is 2. The lowest BCUT2D eigenvalue weighted by Gasteiger charge is -2.09. The maximum Gasteiger partial charge on any atom is 0.224 e. The van der Waals surface area contributed by atoms with Crippen molar-refractivity contribution in [3.63, 3.8) is 0 Å². The Bertz CT molecular complexity index is 451. The Labute approximate surface area is 107 Å². The molecular weight excluding hydrogens is 228 g/mol. The molecule has 1 unspecified atom stereocenters. The fraction of sp³-hybridized carbons (Fsp3) is 0.429. The fourth-order valence-electron chi connectivity index (χ4n) is 2.18. The minimum Gasteiger partial charge on any atom is -0.326 e. The Hall–Kier alpha value is -1.68. The van der Waals surface area contributed by atoms with E-state index >= 15 is 0 Å². The average Bonchev–Trinajstić information content (AvgIpc) is 2.82. The monoisotopic (exact) mass is 246 g/mol. The minimum absolute atomic E-state index is 0.00564. The molecule has 1 atom stereocenters. The van der Waals surface area contributed by atoms with Crippen molar-refractivity contribution < 1.29 is 9.59 Å². The highest BCUT2D eigenvalue weighted by Gasteiger charge is 2.18. The summed E-state index contributed by atoms with van der Waals surface area (Å²) in [6.07, 6.45) is 1.60. The van der Waals surface area contributed by atoms with E-state index in [4.69, 9.17) is 0 Å². The van der Waals surface area contributed by atoms with Crippen molar-refractivity contribution in [2.75, 3.05) is 18.4 Å². The van der Waals surface area contributed by atoms with Crippen molar-refractivity contribution in [2.45, 2.75) is 19.8 Å². The first-order valence-electron chi connectivity index (χ1n) is 6.27. The molecule has 2 rings (SSSR count). The Morgan fingerprint density at radius 2 is 2.28 bits per heavy atom. The molecule has 1 saturated heterocycles. The number of carbonyl (C=O) groups excluding carboxylic acids is 2. The number of Topliss-reactive ketones (excluding diaryl/α,β-unsaturated/α-hetero) is 1. The third kappa shape index (κ3) is 3.40. The van der Waals surface area contributed by atoms with Gasteiger partial charge in [0.1, 0.15) is 0 Å². The van der Waals surface area contributed by atoms with Gasteiger partial charge in [-0.1, -0.05) is 12.1 Å². The summed E-state index contributed by atoms with van der Waals surface area (Å²) in [7, 11) is 0. The van der Waals surface area contributed by atoms with Gasteiger partial charge in [-0.15, -0.1) is 0 Å². The third-order valence-electron chi connectivity index (χ3n) is 3.19. The summed E-state index contributed by atoms with van der Waals surface area (Å²) in [5, 5.41) is 6.09. The predicted octanol–water partition coefficient (Wildman–Crippen LogP) is 1.83. The van der Waals surface area contributed by atoms with Gasteiger partial charge in [0.2, 0.25) is 5.91 Å². The molecule has 2 N–H and O–H groups in total. The molecule has 0 spiro atoms. The van der Waals surface area contributed by atoms with Gasteiger partial charge >= 0.3 is 0 Å². The van der Waals surface area contributed by atoms with Crippen LogP contribution in [-0.4, -0.2) is 24.8 Å². The summed E-state index contributed by atoms with van der Waals surface area (Å²) in [6.45, 7) is 3.43. The minimum atomic E-state index is 0.00564. The number of hydrogen-bond donors (Lipinski definition) is 2. The number of anilines is 1. The summed E-state index contributed by atoms with van der Waals surface area (Å²) in [4.78, 5) is 23.1. The average molecular weight is 246 g/mol. The molecule has 96 valence electrons. The van der Waals surface area contributed by atoms with Crippen LogP contribution in [0.2, 0.25) is 0 Å². The lowest BCUT2D eigenvalue weighted by atomic mass is 10.0. The zero-order chi connectivity index (χ0) is 13.0. The van der Waals surface area contributed by atoms with Gasteiger partial charge in [-0.05, 0) is 44.5 Å². The molecule has 1 aliphatic heterocycles. The van der Waals surface area contributed by atoms with E-state index < -0.39 is 0 Å². The van der Waals surface area contributed by atoms with E-state index in [1.165, 1.54) is 6.92 Å². The van der Waals surface area contributed by atoms with Gasteiger partial charge < -0.3 is 10.6 Å². The van der Waals surface area contributed by atoms with E-state index in [0.717, 1.165) is 19.5 Å². The molecule has 4 heteroatoms. The standard InChI is InChI=1S/C14H18N2O2/c1-10(17)12-3-2-4-13(8-12)16-14(18)7-11-5-6-15-9-11/h2-4,8,11,15H,5-7,9H2,1H3,(H,16,18). The third-order valence-corrected chi connectivity index (χ3v) is 3.19. The molecule has 4 nitrogen and oxygen atoms in total. The molecule has 1 amide bonds. The Morgan fingerprint density at radius 3 is 2.94 bits per heavy atom. The highest BCUT2D eigenvalue weighted by atomic mass is 16.1. The maximum absolute atomic E-state index is 11.8. The van der Waals surface area contributed by atoms with Crippen molar-refractivity contribution in [1.29, 1.82) is 0 Å². The van der Waals surface area contributed by atoms with E-state index in [9.17, 15) is 9.59 Å². The van der Waals surface area contributed by atoms with Crippen LogP contribution in [0.3, 0.4) is 0 Å². The predicted molar refractivity (Wildman–Crippen MR) is 70.7 cm³/mol. The quantitative estimate of drug-likeness (QED) is 0.797. The summed E-state index contributed by atoms with van der Waals surface area (Å²) < 4.78 is 0. The number of hydrogen-bond acceptors (Lipinski definition) is 3. The number of benzene rings is 1. The molecule has 0 bridgehead atoms. The highest BCUT2D eigenvalue weighted by Crippen LogP contribution is 2.15. The molecule has 1 aromatic rings. The van der Waals surface area contributed by atoms with Crippen molar-refractivity contribution in [1.82, 2.24) is 5.32 Å². The number of rotatable bonds is 4. The van der Waals surface area contributed by atoms with E-state index in [2.05, 4.69) is 10.6 Å². The summed E-state index contributed by atoms with van der Waals surface area (Å²) >= 11 is 0. The van der Waals surface area contributed by atoms with E-state index in [0.29, 0.717) is 23.6 Å². The summed E-state index contributed by atoms with van der Waals surface area (Å²) in [5.74, 6) is 0.455. The van der Waals surface area contributed by atoms with E-state index in [1.54, 1.807) is 24.3 Å². The van der Waals surface area contributed by atoms with Gasteiger partial charge in [-0.25, -0.2) is 0 Å². The lowest BCUT2D eigenvalue weighted by Crippen LogP contribution is -2.18. The van der Waals surface area contributed by atoms with Gasteiger partial charge in [0.05, 0.1) is 0 Å². The summed E-state index contributed by atoms with van der Waals surface area (Å²) in [5.41, 5.74) is 1.31. The van der Waals surface area contributed by atoms with Crippen LogP contribution in [0.25, 0.3) is 0 Å². The zero-order valence-electron chi connectivity index (χ0n) is 10.5. The van der Waals surface area contributed by atoms with E-state index in [-0.39, 0.29) is 11.7 Å². The molecule has 1 aromatic carbocycles. The van der Waals surface area contributed by atoms with Gasteiger partial charge in [0.25, 0.3) is 0 Å². The molecule has 1 heterocycles. The van der Waals surface area contributed by atoms with Crippen molar-refractivity contribution >= 4 is 17.4 Å². The Balaban J connectivity index is 1.93. The van der Waals surface area contributed by atoms with Gasteiger partial charge in [-0.3, -0.25) is 9.59 Å².